The predicted molar refractivity (Wildman–Crippen MR) is 164 cm³/mol. The largest absolute Gasteiger partial charge is 0.508 e. The molecule has 1 unspecified atom stereocenters. The minimum absolute atomic E-state index is 0.0122. The zero-order chi connectivity index (χ0) is 32.5. The smallest absolute Gasteiger partial charge is 0.319 e. The van der Waals surface area contributed by atoms with E-state index in [1.165, 1.54) is 24.3 Å². The number of fused-ring (bicyclic) bond motifs is 2. The molecule has 0 bridgehead atoms. The van der Waals surface area contributed by atoms with Crippen molar-refractivity contribution in [2.45, 2.75) is 56.9 Å². The molecule has 4 aromatic rings. The Morgan fingerprint density at radius 3 is 2.85 bits per heavy atom. The summed E-state index contributed by atoms with van der Waals surface area (Å²) < 4.78 is 58.5. The second kappa shape index (κ2) is 10.9. The fraction of sp³-hybridized carbons (Fsp3) is 0.394. The molecule has 2 aromatic carbocycles. The summed E-state index contributed by atoms with van der Waals surface area (Å²) in [7, 11) is 0. The van der Waals surface area contributed by atoms with Gasteiger partial charge in [-0.3, -0.25) is 9.69 Å². The highest BCUT2D eigenvalue weighted by molar-refractivity contribution is 6.04. The van der Waals surface area contributed by atoms with Crippen LogP contribution in [0.2, 0.25) is 0 Å². The number of primary amides is 1. The number of rotatable bonds is 6. The number of nitrogens with two attached hydrogens (primary N) is 1. The fourth-order valence-corrected chi connectivity index (χ4v) is 7.23. The number of hydrogen-bond donors (Lipinski definition) is 2. The second-order valence-corrected chi connectivity index (χ2v) is 12.3. The summed E-state index contributed by atoms with van der Waals surface area (Å²) in [4.78, 5) is 29.7. The SMILES string of the molecule is C#Cc1c(F)ccc2cc(O)cc(-c3nc4c5c(nc(OC[C@@]67CCCN6C[C@H](F)C7)nc5c3F)N(C(C)C(N)=O)[C@@H](C)CO4)c12. The van der Waals surface area contributed by atoms with Crippen LogP contribution >= 0.6 is 0 Å². The molecule has 2 fully saturated rings. The molecule has 3 aliphatic rings. The van der Waals surface area contributed by atoms with Gasteiger partial charge in [0.15, 0.2) is 5.82 Å². The number of halogens is 3. The number of anilines is 1. The minimum Gasteiger partial charge on any atom is -0.508 e. The molecule has 46 heavy (non-hydrogen) atoms. The van der Waals surface area contributed by atoms with Crippen molar-refractivity contribution < 1.29 is 32.5 Å². The lowest BCUT2D eigenvalue weighted by Gasteiger charge is -2.33. The van der Waals surface area contributed by atoms with Crippen molar-refractivity contribution in [3.8, 4) is 41.2 Å². The Bertz CT molecular complexity index is 1970. The van der Waals surface area contributed by atoms with Gasteiger partial charge in [0.05, 0.1) is 17.1 Å². The van der Waals surface area contributed by atoms with Crippen LogP contribution in [0.1, 0.15) is 38.7 Å². The molecule has 3 N–H and O–H groups in total. The Hall–Kier alpha value is -4.83. The molecular weight excluding hydrogens is 601 g/mol. The van der Waals surface area contributed by atoms with Gasteiger partial charge in [0.1, 0.15) is 59.4 Å². The molecule has 1 amide bonds. The number of aromatic hydroxyl groups is 1. The number of carbonyl (C=O) groups excluding carboxylic acids is 1. The Kier molecular flexibility index (Phi) is 7.08. The zero-order valence-corrected chi connectivity index (χ0v) is 25.2. The lowest BCUT2D eigenvalue weighted by Crippen LogP contribution is -2.49. The van der Waals surface area contributed by atoms with Crippen LogP contribution in [0.3, 0.4) is 0 Å². The zero-order valence-electron chi connectivity index (χ0n) is 25.2. The quantitative estimate of drug-likeness (QED) is 0.301. The number of benzene rings is 2. The number of phenols is 1. The molecule has 238 valence electrons. The summed E-state index contributed by atoms with van der Waals surface area (Å²) >= 11 is 0. The third-order valence-corrected chi connectivity index (χ3v) is 9.40. The van der Waals surface area contributed by atoms with E-state index in [-0.39, 0.29) is 69.8 Å². The highest BCUT2D eigenvalue weighted by Gasteiger charge is 2.49. The lowest BCUT2D eigenvalue weighted by atomic mass is 9.95. The Morgan fingerprint density at radius 2 is 2.09 bits per heavy atom. The highest BCUT2D eigenvalue weighted by atomic mass is 19.1. The van der Waals surface area contributed by atoms with Crippen LogP contribution < -0.4 is 20.1 Å². The van der Waals surface area contributed by atoms with E-state index >= 15 is 4.39 Å². The van der Waals surface area contributed by atoms with E-state index in [0.29, 0.717) is 18.4 Å². The molecule has 0 radical (unpaired) electrons. The average Bonchev–Trinajstić information content (AvgIpc) is 3.50. The normalized spacial score (nSPS) is 23.2. The maximum atomic E-state index is 16.9. The van der Waals surface area contributed by atoms with Crippen LogP contribution in [0.4, 0.5) is 19.0 Å². The van der Waals surface area contributed by atoms with Gasteiger partial charge in [0, 0.05) is 23.9 Å². The summed E-state index contributed by atoms with van der Waals surface area (Å²) in [5.74, 6) is -0.123. The summed E-state index contributed by atoms with van der Waals surface area (Å²) in [6.07, 6.45) is 6.61. The average molecular weight is 633 g/mol. The van der Waals surface area contributed by atoms with Crippen LogP contribution in [-0.4, -0.2) is 81.0 Å². The monoisotopic (exact) mass is 632 g/mol. The van der Waals surface area contributed by atoms with E-state index in [9.17, 15) is 18.7 Å². The van der Waals surface area contributed by atoms with Gasteiger partial charge in [-0.05, 0) is 56.8 Å². The van der Waals surface area contributed by atoms with Crippen LogP contribution in [0.25, 0.3) is 32.9 Å². The number of carbonyl (C=O) groups is 1. The molecular formula is C33H31F3N6O4. The number of ether oxygens (including phenoxy) is 2. The Labute approximate surface area is 262 Å². The van der Waals surface area contributed by atoms with Gasteiger partial charge in [-0.1, -0.05) is 12.0 Å². The topological polar surface area (TPSA) is 127 Å². The first-order chi connectivity index (χ1) is 22.0. The van der Waals surface area contributed by atoms with Crippen LogP contribution in [0, 0.1) is 24.0 Å². The Morgan fingerprint density at radius 1 is 1.28 bits per heavy atom. The Balaban J connectivity index is 1.47. The molecule has 0 aliphatic carbocycles. The van der Waals surface area contributed by atoms with Gasteiger partial charge in [0.2, 0.25) is 11.8 Å². The summed E-state index contributed by atoms with van der Waals surface area (Å²) in [6, 6.07) is 3.66. The standard InChI is InChI=1S/C33H31F3N6O4/c1-4-21-23(35)7-6-18-10-20(43)11-22(24(18)21)27-26(36)28-25-30(42(17(3)29(37)44)16(2)14-45-31(25)38-27)40-32(39-28)46-15-33-8-5-9-41(33)13-19(34)12-33/h1,6-7,10-11,16-17,19,43H,5,8-9,12-15H2,2-3H3,(H2,37,44)/t16-,17?,19+,33-/m0/s1. The van der Waals surface area contributed by atoms with E-state index in [2.05, 4.69) is 25.8 Å². The third-order valence-electron chi connectivity index (χ3n) is 9.40. The van der Waals surface area contributed by atoms with Gasteiger partial charge in [-0.15, -0.1) is 6.42 Å². The molecule has 2 saturated heterocycles. The molecule has 0 spiro atoms. The number of terminal acetylenes is 1. The van der Waals surface area contributed by atoms with E-state index in [4.69, 9.17) is 21.6 Å². The molecule has 13 heteroatoms. The van der Waals surface area contributed by atoms with E-state index in [1.807, 2.05) is 0 Å². The maximum Gasteiger partial charge on any atom is 0.319 e. The number of amides is 1. The molecule has 5 heterocycles. The third kappa shape index (κ3) is 4.62. The molecule has 3 aliphatic heterocycles. The number of alkyl halides is 1. The van der Waals surface area contributed by atoms with Crippen molar-refractivity contribution in [3.63, 3.8) is 0 Å². The highest BCUT2D eigenvalue weighted by Crippen LogP contribution is 2.44. The number of aromatic nitrogens is 3. The van der Waals surface area contributed by atoms with Crippen molar-refractivity contribution >= 4 is 33.4 Å². The van der Waals surface area contributed by atoms with Crippen molar-refractivity contribution in [1.29, 1.82) is 0 Å². The van der Waals surface area contributed by atoms with Gasteiger partial charge in [0.25, 0.3) is 0 Å². The van der Waals surface area contributed by atoms with E-state index in [1.54, 1.807) is 18.7 Å². The van der Waals surface area contributed by atoms with E-state index in [0.717, 1.165) is 19.4 Å². The van der Waals surface area contributed by atoms with Crippen LogP contribution in [0.15, 0.2) is 24.3 Å². The number of phenolic OH excluding ortho intramolecular Hbond substituents is 1. The maximum absolute atomic E-state index is 16.9. The lowest BCUT2D eigenvalue weighted by molar-refractivity contribution is -0.119. The summed E-state index contributed by atoms with van der Waals surface area (Å²) in [5.41, 5.74) is 4.51. The van der Waals surface area contributed by atoms with E-state index < -0.39 is 41.3 Å². The van der Waals surface area contributed by atoms with Gasteiger partial charge in [-0.25, -0.2) is 18.2 Å². The molecule has 0 saturated carbocycles. The summed E-state index contributed by atoms with van der Waals surface area (Å²) in [6.45, 7) is 4.54. The van der Waals surface area contributed by atoms with Gasteiger partial charge >= 0.3 is 6.01 Å². The molecule has 7 rings (SSSR count). The number of hydrogen-bond acceptors (Lipinski definition) is 9. The van der Waals surface area contributed by atoms with Crippen molar-refractivity contribution in [2.75, 3.05) is 31.2 Å². The first-order valence-corrected chi connectivity index (χ1v) is 15.1. The van der Waals surface area contributed by atoms with Crippen LogP contribution in [0.5, 0.6) is 17.6 Å². The number of pyridine rings is 1. The van der Waals surface area contributed by atoms with Crippen LogP contribution in [-0.2, 0) is 4.79 Å². The second-order valence-electron chi connectivity index (χ2n) is 12.3. The van der Waals surface area contributed by atoms with Gasteiger partial charge in [-0.2, -0.15) is 9.97 Å². The molecule has 2 aromatic heterocycles. The van der Waals surface area contributed by atoms with Crippen molar-refractivity contribution in [1.82, 2.24) is 19.9 Å². The fourth-order valence-electron chi connectivity index (χ4n) is 7.23. The number of nitrogens with zero attached hydrogens (tertiary/aromatic N) is 5. The minimum atomic E-state index is -0.987. The first kappa shape index (κ1) is 29.9. The first-order valence-electron chi connectivity index (χ1n) is 15.1. The summed E-state index contributed by atoms with van der Waals surface area (Å²) in [5, 5.41) is 11.2. The van der Waals surface area contributed by atoms with Gasteiger partial charge < -0.3 is 25.2 Å². The predicted octanol–water partition coefficient (Wildman–Crippen LogP) is 4.23. The molecule has 10 nitrogen and oxygen atoms in total. The van der Waals surface area contributed by atoms with Crippen molar-refractivity contribution in [3.05, 3.63) is 41.5 Å². The van der Waals surface area contributed by atoms with Crippen molar-refractivity contribution in [2.24, 2.45) is 5.73 Å². The molecule has 4 atom stereocenters.